The van der Waals surface area contributed by atoms with Gasteiger partial charge in [0.2, 0.25) is 5.88 Å². The molecule has 164 valence electrons. The van der Waals surface area contributed by atoms with Crippen molar-refractivity contribution in [1.82, 2.24) is 24.6 Å². The van der Waals surface area contributed by atoms with Gasteiger partial charge in [0.25, 0.3) is 5.95 Å². The van der Waals surface area contributed by atoms with Crippen LogP contribution in [0.25, 0.3) is 12.0 Å². The molecule has 0 spiro atoms. The first-order valence-corrected chi connectivity index (χ1v) is 10.3. The zero-order valence-corrected chi connectivity index (χ0v) is 19.0. The molecule has 1 aromatic carbocycles. The summed E-state index contributed by atoms with van der Waals surface area (Å²) in [5.41, 5.74) is 5.36. The van der Waals surface area contributed by atoms with E-state index in [0.29, 0.717) is 11.6 Å². The Labute approximate surface area is 189 Å². The third kappa shape index (κ3) is 5.24. The second-order valence-electron chi connectivity index (χ2n) is 7.74. The van der Waals surface area contributed by atoms with Crippen molar-refractivity contribution in [3.05, 3.63) is 65.1 Å². The van der Waals surface area contributed by atoms with E-state index in [1.54, 1.807) is 4.68 Å². The Bertz CT molecular complexity index is 1040. The molecule has 1 N–H and O–H groups in total. The Morgan fingerprint density at radius 1 is 1.03 bits per heavy atom. The second kappa shape index (κ2) is 9.94. The largest absolute Gasteiger partial charge is 0.493 e. The van der Waals surface area contributed by atoms with Gasteiger partial charge in [-0.1, -0.05) is 30.4 Å². The maximum atomic E-state index is 9.73. The Morgan fingerprint density at radius 2 is 1.77 bits per heavy atom. The van der Waals surface area contributed by atoms with Crippen LogP contribution in [0, 0.1) is 20.8 Å². The van der Waals surface area contributed by atoms with Crippen LogP contribution in [0.1, 0.15) is 22.5 Å². The molecule has 31 heavy (non-hydrogen) atoms. The first-order chi connectivity index (χ1) is 14.5. The van der Waals surface area contributed by atoms with E-state index in [9.17, 15) is 5.11 Å². The highest BCUT2D eigenvalue weighted by atomic mass is 35.5. The molecule has 1 fully saturated rings. The van der Waals surface area contributed by atoms with Gasteiger partial charge in [0, 0.05) is 55.7 Å². The van der Waals surface area contributed by atoms with Crippen molar-refractivity contribution in [3.8, 4) is 11.8 Å². The number of piperazine rings is 1. The monoisotopic (exact) mass is 440 g/mol. The number of hydrogen-bond donors (Lipinski definition) is 1. The number of nitrogens with zero attached hydrogens (tertiary/aromatic N) is 6. The summed E-state index contributed by atoms with van der Waals surface area (Å²) in [7, 11) is 0. The van der Waals surface area contributed by atoms with Crippen molar-refractivity contribution < 1.29 is 5.11 Å². The minimum atomic E-state index is -0.0469. The number of hydrogen-bond acceptors (Lipinski definition) is 6. The summed E-state index contributed by atoms with van der Waals surface area (Å²) >= 11 is 0. The van der Waals surface area contributed by atoms with Crippen LogP contribution in [0.3, 0.4) is 0 Å². The molecule has 3 aromatic rings. The highest BCUT2D eigenvalue weighted by molar-refractivity contribution is 5.85. The number of para-hydroxylation sites is 1. The van der Waals surface area contributed by atoms with Gasteiger partial charge in [-0.25, -0.2) is 9.67 Å². The topological polar surface area (TPSA) is 70.3 Å². The molecule has 0 aliphatic carbocycles. The molecule has 0 atom stereocenters. The fraction of sp³-hybridized carbons (Fsp3) is 0.348. The Balaban J connectivity index is 0.00000272. The zero-order chi connectivity index (χ0) is 21.1. The van der Waals surface area contributed by atoms with Crippen LogP contribution < -0.4 is 4.90 Å². The zero-order valence-electron chi connectivity index (χ0n) is 18.2. The first kappa shape index (κ1) is 22.8. The van der Waals surface area contributed by atoms with E-state index >= 15 is 0 Å². The standard InChI is InChI=1S/C23H28N6O.ClH/c1-17-7-4-5-9-21(17)28-13-11-27(12-14-28)10-6-8-20-16-24-29(19(20)3)23-25-18(2)15-22(30)26-23;/h4-9,15-16H,10-14H2,1-3H3,(H,25,26,30);1H. The molecule has 3 heterocycles. The Hall–Kier alpha value is -2.90. The minimum absolute atomic E-state index is 0. The van der Waals surface area contributed by atoms with Crippen molar-refractivity contribution in [2.24, 2.45) is 0 Å². The number of aromatic nitrogens is 4. The summed E-state index contributed by atoms with van der Waals surface area (Å²) in [6.45, 7) is 11.1. The van der Waals surface area contributed by atoms with Gasteiger partial charge in [0.05, 0.1) is 11.9 Å². The van der Waals surface area contributed by atoms with E-state index in [0.717, 1.165) is 44.0 Å². The lowest BCUT2D eigenvalue weighted by Crippen LogP contribution is -2.46. The van der Waals surface area contributed by atoms with Gasteiger partial charge >= 0.3 is 0 Å². The summed E-state index contributed by atoms with van der Waals surface area (Å²) in [6, 6.07) is 10.1. The summed E-state index contributed by atoms with van der Waals surface area (Å²) in [6.07, 6.45) is 6.10. The maximum Gasteiger partial charge on any atom is 0.254 e. The molecule has 1 aliphatic heterocycles. The van der Waals surface area contributed by atoms with Crippen LogP contribution in [0.5, 0.6) is 5.88 Å². The van der Waals surface area contributed by atoms with E-state index in [1.807, 2.05) is 20.0 Å². The molecule has 0 amide bonds. The minimum Gasteiger partial charge on any atom is -0.493 e. The SMILES string of the molecule is Cc1cc(O)nc(-n2ncc(C=CCN3CCN(c4ccccc4C)CC3)c2C)n1.Cl. The van der Waals surface area contributed by atoms with Crippen LogP contribution in [-0.2, 0) is 0 Å². The van der Waals surface area contributed by atoms with Gasteiger partial charge in [-0.2, -0.15) is 10.1 Å². The normalized spacial score (nSPS) is 14.7. The molecule has 7 nitrogen and oxygen atoms in total. The Morgan fingerprint density at radius 3 is 2.48 bits per heavy atom. The number of benzene rings is 1. The lowest BCUT2D eigenvalue weighted by atomic mass is 10.1. The Kier molecular flexibility index (Phi) is 7.30. The van der Waals surface area contributed by atoms with Crippen LogP contribution >= 0.6 is 12.4 Å². The van der Waals surface area contributed by atoms with Crippen LogP contribution in [0.15, 0.2) is 42.6 Å². The van der Waals surface area contributed by atoms with Crippen molar-refractivity contribution in [2.45, 2.75) is 20.8 Å². The van der Waals surface area contributed by atoms with Crippen LogP contribution in [0.2, 0.25) is 0 Å². The first-order valence-electron chi connectivity index (χ1n) is 10.3. The molecule has 1 aliphatic rings. The van der Waals surface area contributed by atoms with Crippen molar-refractivity contribution in [2.75, 3.05) is 37.6 Å². The van der Waals surface area contributed by atoms with E-state index in [2.05, 4.69) is 68.2 Å². The smallest absolute Gasteiger partial charge is 0.254 e. The number of aryl methyl sites for hydroxylation is 2. The summed E-state index contributed by atoms with van der Waals surface area (Å²) < 4.78 is 1.66. The summed E-state index contributed by atoms with van der Waals surface area (Å²) in [5.74, 6) is 0.339. The third-order valence-corrected chi connectivity index (χ3v) is 5.56. The number of aromatic hydroxyl groups is 1. The van der Waals surface area contributed by atoms with Gasteiger partial charge < -0.3 is 10.0 Å². The molecule has 0 saturated carbocycles. The molecule has 0 unspecified atom stereocenters. The lowest BCUT2D eigenvalue weighted by molar-refractivity contribution is 0.284. The molecule has 0 radical (unpaired) electrons. The summed E-state index contributed by atoms with van der Waals surface area (Å²) in [5, 5.41) is 14.1. The maximum absolute atomic E-state index is 9.73. The van der Waals surface area contributed by atoms with Crippen LogP contribution in [-0.4, -0.2) is 62.5 Å². The molecular formula is C23H29ClN6O. The van der Waals surface area contributed by atoms with E-state index in [-0.39, 0.29) is 18.3 Å². The van der Waals surface area contributed by atoms with Gasteiger partial charge in [0.1, 0.15) is 0 Å². The van der Waals surface area contributed by atoms with Crippen molar-refractivity contribution in [1.29, 1.82) is 0 Å². The van der Waals surface area contributed by atoms with E-state index < -0.39 is 0 Å². The fourth-order valence-electron chi connectivity index (χ4n) is 3.84. The quantitative estimate of drug-likeness (QED) is 0.654. The highest BCUT2D eigenvalue weighted by Gasteiger charge is 2.17. The molecule has 1 saturated heterocycles. The highest BCUT2D eigenvalue weighted by Crippen LogP contribution is 2.21. The average Bonchev–Trinajstić information content (AvgIpc) is 3.09. The molecular weight excluding hydrogens is 412 g/mol. The van der Waals surface area contributed by atoms with E-state index in [1.165, 1.54) is 17.3 Å². The molecule has 0 bridgehead atoms. The summed E-state index contributed by atoms with van der Waals surface area (Å²) in [4.78, 5) is 13.4. The van der Waals surface area contributed by atoms with Crippen molar-refractivity contribution >= 4 is 24.2 Å². The van der Waals surface area contributed by atoms with Gasteiger partial charge in [-0.05, 0) is 32.4 Å². The second-order valence-corrected chi connectivity index (χ2v) is 7.74. The predicted octanol–water partition coefficient (Wildman–Crippen LogP) is 3.55. The average molecular weight is 441 g/mol. The predicted molar refractivity (Wildman–Crippen MR) is 126 cm³/mol. The fourth-order valence-corrected chi connectivity index (χ4v) is 3.84. The molecule has 4 rings (SSSR count). The molecule has 8 heteroatoms. The number of rotatable bonds is 5. The van der Waals surface area contributed by atoms with Crippen molar-refractivity contribution in [3.63, 3.8) is 0 Å². The lowest BCUT2D eigenvalue weighted by Gasteiger charge is -2.36. The van der Waals surface area contributed by atoms with Gasteiger partial charge in [-0.15, -0.1) is 12.4 Å². The van der Waals surface area contributed by atoms with Gasteiger partial charge in [-0.3, -0.25) is 4.90 Å². The van der Waals surface area contributed by atoms with Gasteiger partial charge in [0.15, 0.2) is 0 Å². The van der Waals surface area contributed by atoms with E-state index in [4.69, 9.17) is 0 Å². The van der Waals surface area contributed by atoms with Crippen LogP contribution in [0.4, 0.5) is 5.69 Å². The third-order valence-electron chi connectivity index (χ3n) is 5.56. The molecule has 2 aromatic heterocycles. The number of anilines is 1. The number of halogens is 1.